The first kappa shape index (κ1) is 47.2. The molecule has 4 bridgehead atoms. The largest absolute Gasteiger partial charge is 1.00 e. The van der Waals surface area contributed by atoms with E-state index in [2.05, 4.69) is 74.0 Å². The quantitative estimate of drug-likeness (QED) is 0.138. The molecule has 0 saturated heterocycles. The molecule has 9 heteroatoms. The van der Waals surface area contributed by atoms with Gasteiger partial charge in [-0.3, -0.25) is 0 Å². The molecule has 6 rings (SSSR count). The van der Waals surface area contributed by atoms with Crippen LogP contribution in [0, 0.1) is 17.8 Å². The summed E-state index contributed by atoms with van der Waals surface area (Å²) in [7, 11) is 1.73. The average molecular weight is 806 g/mol. The van der Waals surface area contributed by atoms with Gasteiger partial charge in [-0.2, -0.15) is 0 Å². The third kappa shape index (κ3) is 14.0. The monoisotopic (exact) mass is 804 g/mol. The molecule has 0 atom stereocenters. The van der Waals surface area contributed by atoms with E-state index in [1.54, 1.807) is 7.11 Å². The molecule has 0 aliphatic heterocycles. The number of carbonyl (C=O) groups is 1. The average Bonchev–Trinajstić information content (AvgIpc) is 3.01. The summed E-state index contributed by atoms with van der Waals surface area (Å²) in [5.74, 6) is 4.57. The first-order valence-electron chi connectivity index (χ1n) is 18.6. The number of carboxylic acid groups (broad SMARTS) is 2. The molecule has 4 fully saturated rings. The topological polar surface area (TPSA) is 90.9 Å². The van der Waals surface area contributed by atoms with Gasteiger partial charge < -0.3 is 29.2 Å². The van der Waals surface area contributed by atoms with E-state index < -0.39 is 6.16 Å². The van der Waals surface area contributed by atoms with Gasteiger partial charge in [-0.1, -0.05) is 107 Å². The molecule has 0 N–H and O–H groups in total. The first-order valence-corrected chi connectivity index (χ1v) is 19.4. The zero-order valence-corrected chi connectivity index (χ0v) is 40.0. The number of rotatable bonds is 17. The van der Waals surface area contributed by atoms with Crippen LogP contribution in [-0.2, 0) is 15.6 Å². The van der Waals surface area contributed by atoms with Gasteiger partial charge in [0.25, 0.3) is 0 Å². The first-order chi connectivity index (χ1) is 23.0. The fourth-order valence-corrected chi connectivity index (χ4v) is 9.41. The van der Waals surface area contributed by atoms with Crippen molar-refractivity contribution in [2.24, 2.45) is 17.8 Å². The van der Waals surface area contributed by atoms with Gasteiger partial charge in [0, 0.05) is 28.3 Å². The van der Waals surface area contributed by atoms with Crippen LogP contribution in [0.15, 0.2) is 34.8 Å². The van der Waals surface area contributed by atoms with Crippen LogP contribution in [0.25, 0.3) is 11.1 Å². The number of halogens is 1. The fourth-order valence-electron chi connectivity index (χ4n) is 8.95. The van der Waals surface area contributed by atoms with E-state index in [-0.39, 0.29) is 120 Å². The van der Waals surface area contributed by atoms with Gasteiger partial charge in [-0.15, -0.1) is 0 Å². The Kier molecular flexibility index (Phi) is 21.9. The number of unbranched alkanes of at least 4 members (excludes halogenated alkanes) is 9. The number of hydrogen-bond acceptors (Lipinski definition) is 6. The summed E-state index contributed by atoms with van der Waals surface area (Å²) < 4.78 is 19.6. The van der Waals surface area contributed by atoms with Crippen molar-refractivity contribution in [2.75, 3.05) is 20.5 Å². The van der Waals surface area contributed by atoms with E-state index >= 15 is 0 Å². The predicted octanol–water partition coefficient (Wildman–Crippen LogP) is 3.72. The summed E-state index contributed by atoms with van der Waals surface area (Å²) in [6.07, 6.45) is 19.2. The van der Waals surface area contributed by atoms with Crippen LogP contribution in [0.5, 0.6) is 11.5 Å². The van der Waals surface area contributed by atoms with E-state index in [1.807, 2.05) is 0 Å². The van der Waals surface area contributed by atoms with Crippen LogP contribution in [0.1, 0.15) is 142 Å². The summed E-state index contributed by atoms with van der Waals surface area (Å²) in [4.78, 5) is 8.33. The maximum Gasteiger partial charge on any atom is 1.00 e. The molecule has 50 heavy (non-hydrogen) atoms. The Morgan fingerprint density at radius 1 is 0.800 bits per heavy atom. The molecule has 4 saturated carbocycles. The number of methoxy groups -OCH3 is 1. The summed E-state index contributed by atoms with van der Waals surface area (Å²) in [6, 6.07) is 11.4. The van der Waals surface area contributed by atoms with Crippen molar-refractivity contribution in [1.29, 1.82) is 0 Å². The molecule has 0 spiro atoms. The molecular weight excluding hydrogens is 747 g/mol. The number of ether oxygens (including phenoxy) is 3. The van der Waals surface area contributed by atoms with Crippen LogP contribution in [0.3, 0.4) is 0 Å². The van der Waals surface area contributed by atoms with E-state index in [9.17, 15) is 0 Å². The van der Waals surface area contributed by atoms with Crippen molar-refractivity contribution in [1.82, 2.24) is 0 Å². The third-order valence-electron chi connectivity index (χ3n) is 10.9. The van der Waals surface area contributed by atoms with E-state index in [0.717, 1.165) is 57.9 Å². The van der Waals surface area contributed by atoms with Gasteiger partial charge in [-0.25, -0.2) is 0 Å². The Bertz CT molecular complexity index is 1290. The van der Waals surface area contributed by atoms with Crippen LogP contribution in [0.4, 0.5) is 4.79 Å². The second-order valence-electron chi connectivity index (χ2n) is 15.8. The summed E-state index contributed by atoms with van der Waals surface area (Å²) in [6.45, 7) is 10.3. The molecule has 0 heterocycles. The Labute approximate surface area is 396 Å². The van der Waals surface area contributed by atoms with Crippen molar-refractivity contribution < 1.29 is 132 Å². The fraction of sp³-hybridized carbons (Fsp3) is 0.683. The van der Waals surface area contributed by atoms with Crippen LogP contribution < -0.4 is 122 Å². The van der Waals surface area contributed by atoms with Crippen molar-refractivity contribution in [2.45, 2.75) is 141 Å². The van der Waals surface area contributed by atoms with Gasteiger partial charge in [0.05, 0.1) is 6.61 Å². The van der Waals surface area contributed by atoms with Crippen molar-refractivity contribution >= 4 is 22.1 Å². The number of benzene rings is 2. The minimum Gasteiger partial charge on any atom is -0.652 e. The summed E-state index contributed by atoms with van der Waals surface area (Å²) in [5.41, 5.74) is 5.36. The molecule has 4 aliphatic rings. The van der Waals surface area contributed by atoms with E-state index in [0.29, 0.717) is 0 Å². The van der Waals surface area contributed by atoms with Gasteiger partial charge in [0.1, 0.15) is 11.5 Å². The number of hydrogen-bond donors (Lipinski definition) is 0. The Morgan fingerprint density at radius 3 is 1.82 bits per heavy atom. The molecule has 6 nitrogen and oxygen atoms in total. The molecule has 4 aliphatic carbocycles. The molecule has 0 amide bonds. The van der Waals surface area contributed by atoms with Crippen molar-refractivity contribution in [3.05, 3.63) is 45.9 Å². The van der Waals surface area contributed by atoms with Crippen molar-refractivity contribution in [3.63, 3.8) is 0 Å². The second-order valence-corrected chi connectivity index (χ2v) is 16.7. The van der Waals surface area contributed by atoms with Gasteiger partial charge in [-0.05, 0) is 110 Å². The molecule has 0 unspecified atom stereocenters. The second kappa shape index (κ2) is 23.2. The predicted molar refractivity (Wildman–Crippen MR) is 193 cm³/mol. The van der Waals surface area contributed by atoms with Gasteiger partial charge >= 0.3 is 103 Å². The zero-order chi connectivity index (χ0) is 34.7. The van der Waals surface area contributed by atoms with Crippen LogP contribution in [0.2, 0.25) is 0 Å². The standard InChI is InChI=1S/C40H59BrO3.CH2O3.2K/c1-6-7-8-9-10-11-12-13-14-15-18-43-33-16-17-37(41)34(24-33)35-22-32(39(2,3)4)23-36(38(35)44-28-42-5)40-25-29-19-30(26-40)21-31(20-29)27-40;2-1(3)4;;/h16-17,22-24,29-31H,6-15,18-21,25-28H2,1-5H3;(H2,2,3,4);;/q;;2*+1/p-2. The maximum absolute atomic E-state index is 8.33. The van der Waals surface area contributed by atoms with Gasteiger partial charge in [0.15, 0.2) is 6.79 Å². The smallest absolute Gasteiger partial charge is 0.652 e. The Hall–Kier alpha value is 1.02. The Balaban J connectivity index is 0.00000137. The normalized spacial score (nSPS) is 21.8. The minimum atomic E-state index is -2.33. The third-order valence-corrected chi connectivity index (χ3v) is 11.6. The summed E-state index contributed by atoms with van der Waals surface area (Å²) in [5, 5.41) is 16.7. The molecule has 2 aromatic carbocycles. The molecule has 2 aromatic rings. The molecule has 0 radical (unpaired) electrons. The SMILES string of the molecule is CCCCCCCCCCCCOc1ccc(Br)c(-c2cc(C(C)(C)C)cc(C34CC5CC(CC(C5)C3)C4)c2OCOC)c1.O=C([O-])[O-].[K+].[K+]. The molecule has 268 valence electrons. The van der Waals surface area contributed by atoms with Crippen molar-refractivity contribution in [3.8, 4) is 22.6 Å². The van der Waals surface area contributed by atoms with Crippen LogP contribution >= 0.6 is 15.9 Å². The minimum absolute atomic E-state index is 0. The van der Waals surface area contributed by atoms with Gasteiger partial charge in [0.2, 0.25) is 0 Å². The van der Waals surface area contributed by atoms with E-state index in [1.165, 1.54) is 107 Å². The number of carbonyl (C=O) groups excluding carboxylic acids is 1. The summed E-state index contributed by atoms with van der Waals surface area (Å²) >= 11 is 3.93. The van der Waals surface area contributed by atoms with Crippen LogP contribution in [-0.4, -0.2) is 26.7 Å². The Morgan fingerprint density at radius 2 is 1.32 bits per heavy atom. The molecular formula is C41H59BrK2O6. The molecule has 0 aromatic heterocycles. The van der Waals surface area contributed by atoms with E-state index in [4.69, 9.17) is 29.2 Å². The maximum atomic E-state index is 8.33. The zero-order valence-electron chi connectivity index (χ0n) is 32.2.